The SMILES string of the molecule is NCC#Cc1cc(F)ccc1CN1CCCC(C(N)=O)C1. The number of nitrogens with two attached hydrogens (primary N) is 2. The maximum absolute atomic E-state index is 13.3. The Morgan fingerprint density at radius 1 is 1.48 bits per heavy atom. The van der Waals surface area contributed by atoms with Crippen LogP contribution in [0.2, 0.25) is 0 Å². The Hall–Kier alpha value is -1.90. The maximum Gasteiger partial charge on any atom is 0.221 e. The third-order valence-electron chi connectivity index (χ3n) is 3.70. The molecule has 5 heteroatoms. The fourth-order valence-corrected chi connectivity index (χ4v) is 2.62. The molecule has 1 aliphatic rings. The summed E-state index contributed by atoms with van der Waals surface area (Å²) in [6.07, 6.45) is 1.79. The number of carbonyl (C=O) groups excluding carboxylic acids is 1. The molecule has 4 nitrogen and oxygen atoms in total. The second-order valence-corrected chi connectivity index (χ2v) is 5.28. The van der Waals surface area contributed by atoms with Crippen LogP contribution in [0.4, 0.5) is 4.39 Å². The smallest absolute Gasteiger partial charge is 0.221 e. The minimum atomic E-state index is -0.311. The number of hydrogen-bond donors (Lipinski definition) is 2. The lowest BCUT2D eigenvalue weighted by Crippen LogP contribution is -2.40. The Bertz CT molecular complexity index is 577. The predicted octanol–water partition coefficient (Wildman–Crippen LogP) is 0.833. The van der Waals surface area contributed by atoms with E-state index >= 15 is 0 Å². The van der Waals surface area contributed by atoms with Crippen LogP contribution in [-0.4, -0.2) is 30.4 Å². The molecule has 1 aromatic carbocycles. The molecular weight excluding hydrogens is 269 g/mol. The summed E-state index contributed by atoms with van der Waals surface area (Å²) in [4.78, 5) is 13.5. The molecule has 1 atom stereocenters. The van der Waals surface area contributed by atoms with Crippen LogP contribution in [0.3, 0.4) is 0 Å². The van der Waals surface area contributed by atoms with E-state index < -0.39 is 0 Å². The molecule has 0 radical (unpaired) electrons. The quantitative estimate of drug-likeness (QED) is 0.810. The Labute approximate surface area is 124 Å². The molecule has 112 valence electrons. The van der Waals surface area contributed by atoms with Crippen LogP contribution < -0.4 is 11.5 Å². The number of hydrogen-bond acceptors (Lipinski definition) is 3. The van der Waals surface area contributed by atoms with Crippen LogP contribution in [0, 0.1) is 23.6 Å². The molecule has 1 unspecified atom stereocenters. The number of halogens is 1. The molecule has 1 aromatic rings. The summed E-state index contributed by atoms with van der Waals surface area (Å²) in [7, 11) is 0. The highest BCUT2D eigenvalue weighted by Crippen LogP contribution is 2.20. The Kier molecular flexibility index (Phi) is 5.32. The lowest BCUT2D eigenvalue weighted by atomic mass is 9.96. The number of carbonyl (C=O) groups is 1. The number of benzene rings is 1. The van der Waals surface area contributed by atoms with E-state index in [9.17, 15) is 9.18 Å². The topological polar surface area (TPSA) is 72.3 Å². The summed E-state index contributed by atoms with van der Waals surface area (Å²) in [5.74, 6) is 5.00. The van der Waals surface area contributed by atoms with Gasteiger partial charge in [0.2, 0.25) is 5.91 Å². The second-order valence-electron chi connectivity index (χ2n) is 5.28. The van der Waals surface area contributed by atoms with Gasteiger partial charge in [0, 0.05) is 18.7 Å². The molecule has 0 aliphatic carbocycles. The number of piperidine rings is 1. The maximum atomic E-state index is 13.3. The van der Waals surface area contributed by atoms with E-state index in [1.807, 2.05) is 0 Å². The van der Waals surface area contributed by atoms with Crippen molar-refractivity contribution in [3.8, 4) is 11.8 Å². The number of amides is 1. The first-order chi connectivity index (χ1) is 10.1. The molecule has 4 N–H and O–H groups in total. The molecule has 1 fully saturated rings. The van der Waals surface area contributed by atoms with Crippen LogP contribution in [0.15, 0.2) is 18.2 Å². The van der Waals surface area contributed by atoms with Gasteiger partial charge < -0.3 is 11.5 Å². The molecule has 1 amide bonds. The van der Waals surface area contributed by atoms with Crippen molar-refractivity contribution in [2.24, 2.45) is 17.4 Å². The average Bonchev–Trinajstić information content (AvgIpc) is 2.47. The van der Waals surface area contributed by atoms with Crippen molar-refractivity contribution in [3.05, 3.63) is 35.1 Å². The lowest BCUT2D eigenvalue weighted by Gasteiger charge is -2.31. The van der Waals surface area contributed by atoms with E-state index in [-0.39, 0.29) is 24.2 Å². The summed E-state index contributed by atoms with van der Waals surface area (Å²) < 4.78 is 13.3. The van der Waals surface area contributed by atoms with Gasteiger partial charge in [-0.1, -0.05) is 17.9 Å². The van der Waals surface area contributed by atoms with Gasteiger partial charge in [-0.05, 0) is 37.1 Å². The normalized spacial score (nSPS) is 18.9. The van der Waals surface area contributed by atoms with E-state index in [1.54, 1.807) is 6.07 Å². The fraction of sp³-hybridized carbons (Fsp3) is 0.438. The third-order valence-corrected chi connectivity index (χ3v) is 3.70. The van der Waals surface area contributed by atoms with E-state index in [2.05, 4.69) is 16.7 Å². The van der Waals surface area contributed by atoms with Crippen LogP contribution in [0.1, 0.15) is 24.0 Å². The highest BCUT2D eigenvalue weighted by Gasteiger charge is 2.24. The highest BCUT2D eigenvalue weighted by atomic mass is 19.1. The van der Waals surface area contributed by atoms with Gasteiger partial charge in [0.15, 0.2) is 0 Å². The van der Waals surface area contributed by atoms with Gasteiger partial charge in [-0.3, -0.25) is 9.69 Å². The summed E-state index contributed by atoms with van der Waals surface area (Å²) >= 11 is 0. The monoisotopic (exact) mass is 289 g/mol. The second kappa shape index (κ2) is 7.21. The Morgan fingerprint density at radius 2 is 2.29 bits per heavy atom. The zero-order valence-electron chi connectivity index (χ0n) is 11.9. The van der Waals surface area contributed by atoms with Crippen molar-refractivity contribution in [1.82, 2.24) is 4.90 Å². The fourth-order valence-electron chi connectivity index (χ4n) is 2.62. The molecule has 2 rings (SSSR count). The number of primary amides is 1. The largest absolute Gasteiger partial charge is 0.369 e. The summed E-state index contributed by atoms with van der Waals surface area (Å²) in [6, 6.07) is 4.59. The Balaban J connectivity index is 2.13. The van der Waals surface area contributed by atoms with Gasteiger partial charge >= 0.3 is 0 Å². The van der Waals surface area contributed by atoms with Crippen LogP contribution >= 0.6 is 0 Å². The molecule has 21 heavy (non-hydrogen) atoms. The summed E-state index contributed by atoms with van der Waals surface area (Å²) in [5.41, 5.74) is 12.4. The van der Waals surface area contributed by atoms with Gasteiger partial charge in [0.05, 0.1) is 12.5 Å². The molecule has 0 bridgehead atoms. The molecule has 0 saturated carbocycles. The van der Waals surface area contributed by atoms with Gasteiger partial charge in [-0.2, -0.15) is 0 Å². The van der Waals surface area contributed by atoms with E-state index in [0.717, 1.165) is 24.9 Å². The number of nitrogens with zero attached hydrogens (tertiary/aromatic N) is 1. The van der Waals surface area contributed by atoms with Crippen molar-refractivity contribution < 1.29 is 9.18 Å². The van der Waals surface area contributed by atoms with Crippen LogP contribution in [-0.2, 0) is 11.3 Å². The molecular formula is C16H20FN3O. The average molecular weight is 289 g/mol. The highest BCUT2D eigenvalue weighted by molar-refractivity contribution is 5.76. The zero-order valence-corrected chi connectivity index (χ0v) is 11.9. The molecule has 0 aromatic heterocycles. The van der Waals surface area contributed by atoms with E-state index in [1.165, 1.54) is 12.1 Å². The van der Waals surface area contributed by atoms with Crippen molar-refractivity contribution in [1.29, 1.82) is 0 Å². The van der Waals surface area contributed by atoms with Crippen molar-refractivity contribution in [3.63, 3.8) is 0 Å². The summed E-state index contributed by atoms with van der Waals surface area (Å²) in [5, 5.41) is 0. The van der Waals surface area contributed by atoms with E-state index in [4.69, 9.17) is 11.5 Å². The van der Waals surface area contributed by atoms with Crippen molar-refractivity contribution in [2.45, 2.75) is 19.4 Å². The first kappa shape index (κ1) is 15.5. The minimum Gasteiger partial charge on any atom is -0.369 e. The molecule has 1 heterocycles. The number of rotatable bonds is 3. The van der Waals surface area contributed by atoms with Crippen molar-refractivity contribution in [2.75, 3.05) is 19.6 Å². The van der Waals surface area contributed by atoms with Gasteiger partial charge in [-0.25, -0.2) is 4.39 Å². The van der Waals surface area contributed by atoms with Gasteiger partial charge in [0.1, 0.15) is 5.82 Å². The zero-order chi connectivity index (χ0) is 15.2. The molecule has 1 saturated heterocycles. The third kappa shape index (κ3) is 4.28. The first-order valence-electron chi connectivity index (χ1n) is 7.09. The van der Waals surface area contributed by atoms with E-state index in [0.29, 0.717) is 18.7 Å². The standard InChI is InChI=1S/C16H20FN3O/c17-15-6-5-13(12(9-15)3-1-7-18)10-20-8-2-4-14(11-20)16(19)21/h5-6,9,14H,2,4,7-8,10-11,18H2,(H2,19,21). The van der Waals surface area contributed by atoms with Crippen LogP contribution in [0.25, 0.3) is 0 Å². The number of likely N-dealkylation sites (tertiary alicyclic amines) is 1. The Morgan fingerprint density at radius 3 is 3.00 bits per heavy atom. The predicted molar refractivity (Wildman–Crippen MR) is 79.5 cm³/mol. The van der Waals surface area contributed by atoms with Crippen molar-refractivity contribution >= 4 is 5.91 Å². The van der Waals surface area contributed by atoms with Gasteiger partial charge in [0.25, 0.3) is 0 Å². The summed E-state index contributed by atoms with van der Waals surface area (Å²) in [6.45, 7) is 2.43. The van der Waals surface area contributed by atoms with Crippen LogP contribution in [0.5, 0.6) is 0 Å². The lowest BCUT2D eigenvalue weighted by molar-refractivity contribution is -0.123. The first-order valence-corrected chi connectivity index (χ1v) is 7.09. The van der Waals surface area contributed by atoms with Gasteiger partial charge in [-0.15, -0.1) is 0 Å². The minimum absolute atomic E-state index is 0.0993. The molecule has 0 spiro atoms. The molecule has 1 aliphatic heterocycles.